The highest BCUT2D eigenvalue weighted by Crippen LogP contribution is 2.26. The molecular weight excluding hydrogens is 364 g/mol. The van der Waals surface area contributed by atoms with Crippen molar-refractivity contribution in [1.82, 2.24) is 4.98 Å². The molecule has 146 valence electrons. The first-order valence-electron chi connectivity index (χ1n) is 9.45. The van der Waals surface area contributed by atoms with Gasteiger partial charge in [0, 0.05) is 11.3 Å². The minimum absolute atomic E-state index is 0.0602. The summed E-state index contributed by atoms with van der Waals surface area (Å²) < 4.78 is 11.5. The number of hydrogen-bond donors (Lipinski definition) is 1. The van der Waals surface area contributed by atoms with Gasteiger partial charge in [-0.05, 0) is 79.9 Å². The zero-order valence-electron chi connectivity index (χ0n) is 16.7. The van der Waals surface area contributed by atoms with E-state index in [4.69, 9.17) is 9.15 Å². The number of ether oxygens (including phenoxy) is 1. The average molecular weight is 386 g/mol. The van der Waals surface area contributed by atoms with E-state index in [1.165, 1.54) is 0 Å². The number of rotatable bonds is 5. The number of amides is 1. The first-order chi connectivity index (χ1) is 14.0. The molecule has 5 heteroatoms. The van der Waals surface area contributed by atoms with Crippen molar-refractivity contribution in [3.05, 3.63) is 77.4 Å². The van der Waals surface area contributed by atoms with Crippen LogP contribution in [0.1, 0.15) is 16.7 Å². The first-order valence-corrected chi connectivity index (χ1v) is 9.45. The lowest BCUT2D eigenvalue weighted by atomic mass is 10.1. The van der Waals surface area contributed by atoms with Gasteiger partial charge in [-0.3, -0.25) is 4.79 Å². The number of aryl methyl sites for hydroxylation is 3. The number of nitrogens with zero attached hydrogens (tertiary/aromatic N) is 1. The van der Waals surface area contributed by atoms with Crippen LogP contribution in [0.5, 0.6) is 5.75 Å². The maximum atomic E-state index is 12.3. The summed E-state index contributed by atoms with van der Waals surface area (Å²) in [5.41, 5.74) is 6.34. The summed E-state index contributed by atoms with van der Waals surface area (Å²) in [5, 5.41) is 2.86. The Labute approximate surface area is 169 Å². The molecule has 0 atom stereocenters. The topological polar surface area (TPSA) is 64.4 Å². The second kappa shape index (κ2) is 7.80. The van der Waals surface area contributed by atoms with Gasteiger partial charge in [0.2, 0.25) is 5.89 Å². The Kier molecular flexibility index (Phi) is 5.04. The van der Waals surface area contributed by atoms with E-state index in [1.807, 2.05) is 75.4 Å². The van der Waals surface area contributed by atoms with Crippen molar-refractivity contribution < 1.29 is 13.9 Å². The monoisotopic (exact) mass is 386 g/mol. The Morgan fingerprint density at radius 2 is 1.76 bits per heavy atom. The summed E-state index contributed by atoms with van der Waals surface area (Å²) >= 11 is 0. The average Bonchev–Trinajstić information content (AvgIpc) is 3.09. The first kappa shape index (κ1) is 18.7. The van der Waals surface area contributed by atoms with Gasteiger partial charge in [-0.2, -0.15) is 0 Å². The molecule has 1 aromatic heterocycles. The predicted octanol–water partition coefficient (Wildman–Crippen LogP) is 5.44. The van der Waals surface area contributed by atoms with Crippen LogP contribution in [0.15, 0.2) is 65.1 Å². The molecule has 0 saturated heterocycles. The number of fused-ring (bicyclic) bond motifs is 1. The third kappa shape index (κ3) is 4.46. The molecule has 5 nitrogen and oxygen atoms in total. The summed E-state index contributed by atoms with van der Waals surface area (Å²) in [4.78, 5) is 16.9. The van der Waals surface area contributed by atoms with Crippen LogP contribution in [0.4, 0.5) is 5.69 Å². The largest absolute Gasteiger partial charge is 0.484 e. The van der Waals surface area contributed by atoms with Crippen LogP contribution in [0, 0.1) is 20.8 Å². The highest BCUT2D eigenvalue weighted by molar-refractivity contribution is 5.92. The molecule has 0 bridgehead atoms. The van der Waals surface area contributed by atoms with Crippen LogP contribution in [-0.2, 0) is 4.79 Å². The fourth-order valence-electron chi connectivity index (χ4n) is 3.25. The van der Waals surface area contributed by atoms with Gasteiger partial charge >= 0.3 is 0 Å². The lowest BCUT2D eigenvalue weighted by Crippen LogP contribution is -2.20. The zero-order valence-corrected chi connectivity index (χ0v) is 16.7. The highest BCUT2D eigenvalue weighted by Gasteiger charge is 2.10. The number of carbonyl (C=O) groups is 1. The molecule has 0 fully saturated rings. The Morgan fingerprint density at radius 1 is 0.966 bits per heavy atom. The molecule has 0 radical (unpaired) electrons. The summed E-state index contributed by atoms with van der Waals surface area (Å²) in [6.07, 6.45) is 0. The van der Waals surface area contributed by atoms with Gasteiger partial charge in [0.1, 0.15) is 11.3 Å². The number of oxazole rings is 1. The molecule has 0 spiro atoms. The van der Waals surface area contributed by atoms with Crippen molar-refractivity contribution in [3.63, 3.8) is 0 Å². The van der Waals surface area contributed by atoms with Crippen molar-refractivity contribution in [2.45, 2.75) is 20.8 Å². The van der Waals surface area contributed by atoms with E-state index in [-0.39, 0.29) is 12.5 Å². The van der Waals surface area contributed by atoms with Gasteiger partial charge in [-0.15, -0.1) is 0 Å². The van der Waals surface area contributed by atoms with E-state index in [1.54, 1.807) is 0 Å². The van der Waals surface area contributed by atoms with Gasteiger partial charge < -0.3 is 14.5 Å². The molecule has 1 amide bonds. The summed E-state index contributed by atoms with van der Waals surface area (Å²) in [7, 11) is 0. The van der Waals surface area contributed by atoms with Gasteiger partial charge in [0.15, 0.2) is 12.2 Å². The van der Waals surface area contributed by atoms with Crippen molar-refractivity contribution in [3.8, 4) is 17.2 Å². The Bertz CT molecular complexity index is 1170. The van der Waals surface area contributed by atoms with Crippen LogP contribution >= 0.6 is 0 Å². The Hall–Kier alpha value is -3.60. The summed E-state index contributed by atoms with van der Waals surface area (Å²) in [6, 6.07) is 19.2. The fraction of sp³-hybridized carbons (Fsp3) is 0.167. The Morgan fingerprint density at radius 3 is 2.55 bits per heavy atom. The van der Waals surface area contributed by atoms with Crippen LogP contribution in [0.3, 0.4) is 0 Å². The second-order valence-electron chi connectivity index (χ2n) is 7.23. The van der Waals surface area contributed by atoms with E-state index in [2.05, 4.69) is 16.4 Å². The van der Waals surface area contributed by atoms with E-state index in [0.717, 1.165) is 33.4 Å². The molecule has 3 aromatic carbocycles. The van der Waals surface area contributed by atoms with Crippen molar-refractivity contribution in [2.75, 3.05) is 11.9 Å². The minimum atomic E-state index is -0.227. The lowest BCUT2D eigenvalue weighted by Gasteiger charge is -2.09. The molecule has 0 saturated carbocycles. The third-order valence-corrected chi connectivity index (χ3v) is 4.50. The number of benzene rings is 3. The normalized spacial score (nSPS) is 10.9. The van der Waals surface area contributed by atoms with E-state index < -0.39 is 0 Å². The zero-order chi connectivity index (χ0) is 20.4. The summed E-state index contributed by atoms with van der Waals surface area (Å²) in [6.45, 7) is 5.96. The Balaban J connectivity index is 1.45. The fourth-order valence-corrected chi connectivity index (χ4v) is 3.25. The lowest BCUT2D eigenvalue weighted by molar-refractivity contribution is -0.118. The van der Waals surface area contributed by atoms with E-state index in [9.17, 15) is 4.79 Å². The van der Waals surface area contributed by atoms with Crippen LogP contribution < -0.4 is 10.1 Å². The standard InChI is InChI=1S/C24H22N2O3/c1-15-7-8-22-21(12-15)26-24(29-22)18-5-4-6-19(13-18)25-23(27)14-28-20-10-16(2)9-17(3)11-20/h4-13H,14H2,1-3H3,(H,25,27). The van der Waals surface area contributed by atoms with Crippen LogP contribution in [-0.4, -0.2) is 17.5 Å². The van der Waals surface area contributed by atoms with E-state index in [0.29, 0.717) is 17.3 Å². The minimum Gasteiger partial charge on any atom is -0.484 e. The molecule has 4 rings (SSSR count). The molecule has 29 heavy (non-hydrogen) atoms. The van der Waals surface area contributed by atoms with Crippen molar-refractivity contribution in [1.29, 1.82) is 0 Å². The molecule has 0 aliphatic heterocycles. The maximum Gasteiger partial charge on any atom is 0.262 e. The smallest absolute Gasteiger partial charge is 0.262 e. The SMILES string of the molecule is Cc1cc(C)cc(OCC(=O)Nc2cccc(-c3nc4cc(C)ccc4o3)c2)c1. The second-order valence-corrected chi connectivity index (χ2v) is 7.23. The quantitative estimate of drug-likeness (QED) is 0.496. The highest BCUT2D eigenvalue weighted by atomic mass is 16.5. The molecule has 1 heterocycles. The molecule has 0 aliphatic rings. The van der Waals surface area contributed by atoms with Gasteiger partial charge in [0.25, 0.3) is 5.91 Å². The van der Waals surface area contributed by atoms with Crippen molar-refractivity contribution in [2.24, 2.45) is 0 Å². The maximum absolute atomic E-state index is 12.3. The van der Waals surface area contributed by atoms with Crippen LogP contribution in [0.25, 0.3) is 22.6 Å². The number of anilines is 1. The molecule has 1 N–H and O–H groups in total. The number of nitrogens with one attached hydrogen (secondary N) is 1. The summed E-state index contributed by atoms with van der Waals surface area (Å²) in [5.74, 6) is 0.982. The number of carbonyl (C=O) groups excluding carboxylic acids is 1. The molecule has 4 aromatic rings. The van der Waals surface area contributed by atoms with E-state index >= 15 is 0 Å². The number of hydrogen-bond acceptors (Lipinski definition) is 4. The predicted molar refractivity (Wildman–Crippen MR) is 114 cm³/mol. The van der Waals surface area contributed by atoms with Crippen LogP contribution in [0.2, 0.25) is 0 Å². The van der Waals surface area contributed by atoms with Crippen molar-refractivity contribution >= 4 is 22.7 Å². The molecular formula is C24H22N2O3. The van der Waals surface area contributed by atoms with Gasteiger partial charge in [-0.25, -0.2) is 4.98 Å². The van der Waals surface area contributed by atoms with Gasteiger partial charge in [0.05, 0.1) is 0 Å². The van der Waals surface area contributed by atoms with Gasteiger partial charge in [-0.1, -0.05) is 18.2 Å². The molecule has 0 aliphatic carbocycles. The molecule has 0 unspecified atom stereocenters. The number of aromatic nitrogens is 1. The third-order valence-electron chi connectivity index (χ3n) is 4.50.